The maximum absolute atomic E-state index is 11.3. The summed E-state index contributed by atoms with van der Waals surface area (Å²) in [7, 11) is 0. The van der Waals surface area contributed by atoms with Crippen LogP contribution in [0.1, 0.15) is 63.0 Å². The zero-order valence-electron chi connectivity index (χ0n) is 15.9. The SMILES string of the molecule is CCN=C(NC1CCC(=O)NC1)NC1CC1c1ccc(C(C)C)cc1.I. The number of piperidine rings is 1. The summed E-state index contributed by atoms with van der Waals surface area (Å²) in [6.07, 6.45) is 2.60. The first kappa shape index (κ1) is 21.0. The van der Waals surface area contributed by atoms with Gasteiger partial charge >= 0.3 is 0 Å². The largest absolute Gasteiger partial charge is 0.354 e. The molecule has 1 amide bonds. The van der Waals surface area contributed by atoms with E-state index in [1.807, 2.05) is 6.92 Å². The Kier molecular flexibility index (Phi) is 7.73. The summed E-state index contributed by atoms with van der Waals surface area (Å²) in [5, 5.41) is 9.94. The number of halogens is 1. The first-order valence-electron chi connectivity index (χ1n) is 9.51. The second kappa shape index (κ2) is 9.58. The lowest BCUT2D eigenvalue weighted by Crippen LogP contribution is -2.51. The quantitative estimate of drug-likeness (QED) is 0.352. The summed E-state index contributed by atoms with van der Waals surface area (Å²) in [5.74, 6) is 2.16. The monoisotopic (exact) mass is 470 g/mol. The molecule has 0 radical (unpaired) electrons. The Hall–Kier alpha value is -1.31. The fourth-order valence-corrected chi connectivity index (χ4v) is 3.37. The Morgan fingerprint density at radius 1 is 1.27 bits per heavy atom. The smallest absolute Gasteiger partial charge is 0.220 e. The third-order valence-corrected chi connectivity index (χ3v) is 5.07. The van der Waals surface area contributed by atoms with E-state index >= 15 is 0 Å². The Labute approximate surface area is 173 Å². The number of carbonyl (C=O) groups is 1. The van der Waals surface area contributed by atoms with Crippen molar-refractivity contribution in [3.05, 3.63) is 35.4 Å². The number of hydrogen-bond donors (Lipinski definition) is 3. The predicted molar refractivity (Wildman–Crippen MR) is 117 cm³/mol. The van der Waals surface area contributed by atoms with Crippen molar-refractivity contribution in [1.29, 1.82) is 0 Å². The van der Waals surface area contributed by atoms with Crippen molar-refractivity contribution in [2.75, 3.05) is 13.1 Å². The summed E-state index contributed by atoms with van der Waals surface area (Å²) >= 11 is 0. The van der Waals surface area contributed by atoms with Crippen LogP contribution in [0.3, 0.4) is 0 Å². The third-order valence-electron chi connectivity index (χ3n) is 5.07. The molecule has 1 aliphatic carbocycles. The minimum Gasteiger partial charge on any atom is -0.354 e. The molecule has 0 spiro atoms. The summed E-state index contributed by atoms with van der Waals surface area (Å²) in [4.78, 5) is 15.9. The van der Waals surface area contributed by atoms with Crippen molar-refractivity contribution in [3.63, 3.8) is 0 Å². The molecular weight excluding hydrogens is 439 g/mol. The van der Waals surface area contributed by atoms with Gasteiger partial charge in [-0.2, -0.15) is 0 Å². The number of nitrogens with zero attached hydrogens (tertiary/aromatic N) is 1. The number of amides is 1. The van der Waals surface area contributed by atoms with Gasteiger partial charge in [0.1, 0.15) is 0 Å². The Balaban J connectivity index is 0.00000243. The molecule has 144 valence electrons. The maximum atomic E-state index is 11.3. The molecule has 6 heteroatoms. The van der Waals surface area contributed by atoms with Gasteiger partial charge in [0.05, 0.1) is 0 Å². The molecule has 2 fully saturated rings. The van der Waals surface area contributed by atoms with Crippen LogP contribution < -0.4 is 16.0 Å². The summed E-state index contributed by atoms with van der Waals surface area (Å²) < 4.78 is 0. The van der Waals surface area contributed by atoms with E-state index in [-0.39, 0.29) is 35.9 Å². The van der Waals surface area contributed by atoms with Crippen LogP contribution in [0.25, 0.3) is 0 Å². The molecule has 0 aromatic heterocycles. The third kappa shape index (κ3) is 5.59. The number of nitrogens with one attached hydrogen (secondary N) is 3. The lowest BCUT2D eigenvalue weighted by Gasteiger charge is -2.25. The highest BCUT2D eigenvalue weighted by molar-refractivity contribution is 14.0. The van der Waals surface area contributed by atoms with Crippen LogP contribution in [-0.4, -0.2) is 37.0 Å². The molecule has 3 N–H and O–H groups in total. The lowest BCUT2D eigenvalue weighted by molar-refractivity contribution is -0.122. The molecule has 1 saturated carbocycles. The van der Waals surface area contributed by atoms with Crippen LogP contribution in [0.2, 0.25) is 0 Å². The van der Waals surface area contributed by atoms with E-state index in [1.54, 1.807) is 0 Å². The van der Waals surface area contributed by atoms with Gasteiger partial charge in [0.15, 0.2) is 5.96 Å². The van der Waals surface area contributed by atoms with Crippen LogP contribution in [-0.2, 0) is 4.79 Å². The fraction of sp³-hybridized carbons (Fsp3) is 0.600. The molecule has 26 heavy (non-hydrogen) atoms. The number of aliphatic imine (C=N–C) groups is 1. The summed E-state index contributed by atoms with van der Waals surface area (Å²) in [6, 6.07) is 9.74. The lowest BCUT2D eigenvalue weighted by atomic mass is 10.0. The summed E-state index contributed by atoms with van der Waals surface area (Å²) in [6.45, 7) is 7.91. The molecule has 1 saturated heterocycles. The van der Waals surface area contributed by atoms with E-state index in [4.69, 9.17) is 0 Å². The number of benzene rings is 1. The average molecular weight is 470 g/mol. The van der Waals surface area contributed by atoms with Crippen molar-refractivity contribution in [2.45, 2.75) is 64.0 Å². The van der Waals surface area contributed by atoms with Gasteiger partial charge in [-0.3, -0.25) is 9.79 Å². The molecular formula is C20H31IN4O. The van der Waals surface area contributed by atoms with Gasteiger partial charge in [0.2, 0.25) is 5.91 Å². The second-order valence-corrected chi connectivity index (χ2v) is 7.42. The Bertz CT molecular complexity index is 619. The molecule has 0 bridgehead atoms. The molecule has 1 heterocycles. The highest BCUT2D eigenvalue weighted by Crippen LogP contribution is 2.41. The molecule has 2 aliphatic rings. The number of guanidine groups is 1. The van der Waals surface area contributed by atoms with Crippen molar-refractivity contribution < 1.29 is 4.79 Å². The van der Waals surface area contributed by atoms with Crippen LogP contribution in [0.15, 0.2) is 29.3 Å². The number of rotatable bonds is 5. The van der Waals surface area contributed by atoms with Gasteiger partial charge in [0, 0.05) is 37.5 Å². The van der Waals surface area contributed by atoms with Gasteiger partial charge in [-0.05, 0) is 36.8 Å². The molecule has 5 nitrogen and oxygen atoms in total. The normalized spacial score (nSPS) is 25.3. The topological polar surface area (TPSA) is 65.5 Å². The second-order valence-electron chi connectivity index (χ2n) is 7.42. The molecule has 3 atom stereocenters. The molecule has 3 unspecified atom stereocenters. The van der Waals surface area contributed by atoms with Gasteiger partial charge in [0.25, 0.3) is 0 Å². The average Bonchev–Trinajstić information content (AvgIpc) is 3.36. The summed E-state index contributed by atoms with van der Waals surface area (Å²) in [5.41, 5.74) is 2.80. The van der Waals surface area contributed by atoms with Crippen molar-refractivity contribution in [2.24, 2.45) is 4.99 Å². The minimum atomic E-state index is 0. The standard InChI is InChI=1S/C20H30N4O.HI/c1-4-21-20(23-16-9-10-19(25)22-12-16)24-18-11-17(18)15-7-5-14(6-8-15)13(2)3;/h5-8,13,16-18H,4,9-12H2,1-3H3,(H,22,25)(H2,21,23,24);1H. The Morgan fingerprint density at radius 2 is 2.00 bits per heavy atom. The number of carbonyl (C=O) groups excluding carboxylic acids is 1. The van der Waals surface area contributed by atoms with Gasteiger partial charge in [-0.15, -0.1) is 24.0 Å². The van der Waals surface area contributed by atoms with Gasteiger partial charge in [-0.1, -0.05) is 38.1 Å². The zero-order valence-corrected chi connectivity index (χ0v) is 18.2. The molecule has 1 aromatic carbocycles. The maximum Gasteiger partial charge on any atom is 0.220 e. The van der Waals surface area contributed by atoms with Crippen LogP contribution >= 0.6 is 24.0 Å². The predicted octanol–water partition coefficient (Wildman–Crippen LogP) is 3.12. The molecule has 3 rings (SSSR count). The first-order valence-corrected chi connectivity index (χ1v) is 9.51. The van der Waals surface area contributed by atoms with Gasteiger partial charge < -0.3 is 16.0 Å². The van der Waals surface area contributed by atoms with E-state index in [0.717, 1.165) is 25.3 Å². The minimum absolute atomic E-state index is 0. The van der Waals surface area contributed by atoms with Crippen LogP contribution in [0.4, 0.5) is 0 Å². The van der Waals surface area contributed by atoms with E-state index in [0.29, 0.717) is 30.8 Å². The van der Waals surface area contributed by atoms with Crippen LogP contribution in [0, 0.1) is 0 Å². The highest BCUT2D eigenvalue weighted by atomic mass is 127. The highest BCUT2D eigenvalue weighted by Gasteiger charge is 2.39. The van der Waals surface area contributed by atoms with Crippen molar-refractivity contribution >= 4 is 35.8 Å². The van der Waals surface area contributed by atoms with E-state index in [1.165, 1.54) is 11.1 Å². The van der Waals surface area contributed by atoms with E-state index < -0.39 is 0 Å². The zero-order chi connectivity index (χ0) is 17.8. The van der Waals surface area contributed by atoms with Crippen molar-refractivity contribution in [3.8, 4) is 0 Å². The molecule has 1 aromatic rings. The van der Waals surface area contributed by atoms with E-state index in [9.17, 15) is 4.79 Å². The van der Waals surface area contributed by atoms with Gasteiger partial charge in [-0.25, -0.2) is 0 Å². The molecule has 1 aliphatic heterocycles. The number of hydrogen-bond acceptors (Lipinski definition) is 2. The Morgan fingerprint density at radius 3 is 2.58 bits per heavy atom. The van der Waals surface area contributed by atoms with E-state index in [2.05, 4.69) is 59.1 Å². The van der Waals surface area contributed by atoms with Crippen molar-refractivity contribution in [1.82, 2.24) is 16.0 Å². The fourth-order valence-electron chi connectivity index (χ4n) is 3.37. The van der Waals surface area contributed by atoms with Crippen LogP contribution in [0.5, 0.6) is 0 Å². The first-order chi connectivity index (χ1) is 12.1.